The molecule has 0 bridgehead atoms. The summed E-state index contributed by atoms with van der Waals surface area (Å²) in [5.74, 6) is -0.531. The Morgan fingerprint density at radius 1 is 1.23 bits per heavy atom. The molecular weight excluding hydrogens is 353 g/mol. The molecule has 0 aromatic heterocycles. The number of carbonyl (C=O) groups is 2. The van der Waals surface area contributed by atoms with Gasteiger partial charge in [0.05, 0.1) is 0 Å². The Kier molecular flexibility index (Phi) is 8.37. The van der Waals surface area contributed by atoms with Crippen LogP contribution in [0.3, 0.4) is 0 Å². The third-order valence-electron chi connectivity index (χ3n) is 3.45. The van der Waals surface area contributed by atoms with Crippen LogP contribution >= 0.6 is 0 Å². The third-order valence-corrected chi connectivity index (χ3v) is 3.45. The predicted molar refractivity (Wildman–Crippen MR) is 90.0 cm³/mol. The van der Waals surface area contributed by atoms with Crippen molar-refractivity contribution >= 4 is 17.5 Å². The standard InChI is InChI=1S/C17H23F3N2O4/c1-4-22(5-2)15(23)10-25-14-8-6-7-13(9-14)21-16(24)12(3)26-11-17(18,19)20/h6-9,12H,4-5,10-11H2,1-3H3,(H,21,24). The highest BCUT2D eigenvalue weighted by atomic mass is 19.4. The molecule has 1 atom stereocenters. The van der Waals surface area contributed by atoms with Gasteiger partial charge >= 0.3 is 6.18 Å². The van der Waals surface area contributed by atoms with Crippen LogP contribution in [0.15, 0.2) is 24.3 Å². The molecule has 9 heteroatoms. The zero-order valence-corrected chi connectivity index (χ0v) is 14.9. The van der Waals surface area contributed by atoms with Gasteiger partial charge in [0.25, 0.3) is 11.8 Å². The molecule has 0 radical (unpaired) electrons. The Morgan fingerprint density at radius 2 is 1.88 bits per heavy atom. The lowest BCUT2D eigenvalue weighted by Crippen LogP contribution is -2.34. The summed E-state index contributed by atoms with van der Waals surface area (Å²) in [5, 5.41) is 2.44. The molecule has 0 fully saturated rings. The normalized spacial score (nSPS) is 12.4. The predicted octanol–water partition coefficient (Wildman–Crippen LogP) is 2.84. The molecule has 26 heavy (non-hydrogen) atoms. The summed E-state index contributed by atoms with van der Waals surface area (Å²) in [6.45, 7) is 4.45. The summed E-state index contributed by atoms with van der Waals surface area (Å²) in [6.07, 6.45) is -5.77. The van der Waals surface area contributed by atoms with Gasteiger partial charge in [-0.1, -0.05) is 6.07 Å². The molecule has 0 aliphatic rings. The molecule has 1 rings (SSSR count). The zero-order chi connectivity index (χ0) is 19.7. The number of hydrogen-bond acceptors (Lipinski definition) is 4. The zero-order valence-electron chi connectivity index (χ0n) is 14.9. The van der Waals surface area contributed by atoms with E-state index in [1.165, 1.54) is 13.0 Å². The largest absolute Gasteiger partial charge is 0.484 e. The first-order valence-electron chi connectivity index (χ1n) is 8.16. The molecule has 1 aromatic rings. The average Bonchev–Trinajstić information content (AvgIpc) is 2.58. The minimum atomic E-state index is -4.50. The fraction of sp³-hybridized carbons (Fsp3) is 0.529. The Morgan fingerprint density at radius 3 is 2.46 bits per heavy atom. The van der Waals surface area contributed by atoms with E-state index in [4.69, 9.17) is 4.74 Å². The smallest absolute Gasteiger partial charge is 0.411 e. The second-order valence-electron chi connectivity index (χ2n) is 5.44. The van der Waals surface area contributed by atoms with Crippen molar-refractivity contribution in [1.82, 2.24) is 4.90 Å². The molecule has 0 saturated carbocycles. The number of anilines is 1. The van der Waals surface area contributed by atoms with E-state index in [9.17, 15) is 22.8 Å². The van der Waals surface area contributed by atoms with Crippen molar-refractivity contribution in [3.8, 4) is 5.75 Å². The first kappa shape index (κ1) is 21.8. The van der Waals surface area contributed by atoms with E-state index in [2.05, 4.69) is 10.1 Å². The average molecular weight is 376 g/mol. The van der Waals surface area contributed by atoms with Crippen molar-refractivity contribution in [3.05, 3.63) is 24.3 Å². The minimum absolute atomic E-state index is 0.149. The Labute approximate surface area is 150 Å². The topological polar surface area (TPSA) is 67.9 Å². The van der Waals surface area contributed by atoms with E-state index in [-0.39, 0.29) is 12.5 Å². The molecule has 1 unspecified atom stereocenters. The molecule has 2 amide bonds. The highest BCUT2D eigenvalue weighted by Crippen LogP contribution is 2.19. The van der Waals surface area contributed by atoms with Crippen molar-refractivity contribution < 1.29 is 32.2 Å². The Hall–Kier alpha value is -2.29. The molecule has 0 spiro atoms. The van der Waals surface area contributed by atoms with E-state index < -0.39 is 24.8 Å². The van der Waals surface area contributed by atoms with Crippen LogP contribution in [0.4, 0.5) is 18.9 Å². The molecule has 0 aliphatic heterocycles. The number of hydrogen-bond donors (Lipinski definition) is 1. The van der Waals surface area contributed by atoms with Gasteiger partial charge in [-0.05, 0) is 32.9 Å². The van der Waals surface area contributed by atoms with Crippen LogP contribution in [0.1, 0.15) is 20.8 Å². The lowest BCUT2D eigenvalue weighted by Gasteiger charge is -2.19. The molecule has 6 nitrogen and oxygen atoms in total. The van der Waals surface area contributed by atoms with Crippen LogP contribution in [-0.4, -0.2) is 55.3 Å². The maximum absolute atomic E-state index is 12.1. The fourth-order valence-electron chi connectivity index (χ4n) is 2.02. The van der Waals surface area contributed by atoms with E-state index in [0.29, 0.717) is 24.5 Å². The van der Waals surface area contributed by atoms with Gasteiger partial charge in [-0.15, -0.1) is 0 Å². The number of nitrogens with one attached hydrogen (secondary N) is 1. The highest BCUT2D eigenvalue weighted by Gasteiger charge is 2.29. The maximum Gasteiger partial charge on any atom is 0.411 e. The fourth-order valence-corrected chi connectivity index (χ4v) is 2.02. The highest BCUT2D eigenvalue weighted by molar-refractivity contribution is 5.94. The van der Waals surface area contributed by atoms with Gasteiger partial charge in [0.1, 0.15) is 18.5 Å². The van der Waals surface area contributed by atoms with Crippen molar-refractivity contribution in [2.75, 3.05) is 31.6 Å². The molecule has 1 aromatic carbocycles. The van der Waals surface area contributed by atoms with E-state index in [0.717, 1.165) is 0 Å². The lowest BCUT2D eigenvalue weighted by atomic mass is 10.3. The summed E-state index contributed by atoms with van der Waals surface area (Å²) < 4.78 is 46.2. The van der Waals surface area contributed by atoms with Crippen molar-refractivity contribution in [2.45, 2.75) is 33.1 Å². The lowest BCUT2D eigenvalue weighted by molar-refractivity contribution is -0.184. The maximum atomic E-state index is 12.1. The number of amides is 2. The monoisotopic (exact) mass is 376 g/mol. The van der Waals surface area contributed by atoms with Gasteiger partial charge in [-0.3, -0.25) is 9.59 Å². The number of rotatable bonds is 9. The molecule has 1 N–H and O–H groups in total. The van der Waals surface area contributed by atoms with Crippen LogP contribution in [0, 0.1) is 0 Å². The second-order valence-corrected chi connectivity index (χ2v) is 5.44. The van der Waals surface area contributed by atoms with Crippen molar-refractivity contribution in [3.63, 3.8) is 0 Å². The third kappa shape index (κ3) is 7.73. The van der Waals surface area contributed by atoms with Gasteiger partial charge in [-0.25, -0.2) is 0 Å². The minimum Gasteiger partial charge on any atom is -0.484 e. The first-order valence-corrected chi connectivity index (χ1v) is 8.16. The summed E-state index contributed by atoms with van der Waals surface area (Å²) in [6, 6.07) is 6.22. The van der Waals surface area contributed by atoms with Crippen molar-refractivity contribution in [1.29, 1.82) is 0 Å². The number of halogens is 3. The number of alkyl halides is 3. The van der Waals surface area contributed by atoms with Gasteiger partial charge in [-0.2, -0.15) is 13.2 Å². The second kappa shape index (κ2) is 10.0. The van der Waals surface area contributed by atoms with Gasteiger partial charge < -0.3 is 19.7 Å². The number of nitrogens with zero attached hydrogens (tertiary/aromatic N) is 1. The SMILES string of the molecule is CCN(CC)C(=O)COc1cccc(NC(=O)C(C)OCC(F)(F)F)c1. The Balaban J connectivity index is 2.58. The van der Waals surface area contributed by atoms with Crippen LogP contribution < -0.4 is 10.1 Å². The van der Waals surface area contributed by atoms with Crippen LogP contribution in [0.2, 0.25) is 0 Å². The van der Waals surface area contributed by atoms with Crippen LogP contribution in [-0.2, 0) is 14.3 Å². The number of likely N-dealkylation sites (N-methyl/N-ethyl adjacent to an activating group) is 1. The van der Waals surface area contributed by atoms with Gasteiger partial charge in [0.15, 0.2) is 6.61 Å². The number of benzene rings is 1. The Bertz CT molecular complexity index is 604. The molecule has 0 heterocycles. The van der Waals surface area contributed by atoms with E-state index in [1.54, 1.807) is 23.1 Å². The quantitative estimate of drug-likeness (QED) is 0.720. The summed E-state index contributed by atoms with van der Waals surface area (Å²) >= 11 is 0. The molecule has 0 aliphatic carbocycles. The van der Waals surface area contributed by atoms with E-state index in [1.807, 2.05) is 13.8 Å². The summed E-state index contributed by atoms with van der Waals surface area (Å²) in [4.78, 5) is 25.4. The molecule has 146 valence electrons. The first-order chi connectivity index (χ1) is 12.2. The summed E-state index contributed by atoms with van der Waals surface area (Å²) in [5.41, 5.74) is 0.324. The van der Waals surface area contributed by atoms with E-state index >= 15 is 0 Å². The van der Waals surface area contributed by atoms with Gasteiger partial charge in [0, 0.05) is 24.8 Å². The summed E-state index contributed by atoms with van der Waals surface area (Å²) in [7, 11) is 0. The van der Waals surface area contributed by atoms with Crippen LogP contribution in [0.25, 0.3) is 0 Å². The number of carbonyl (C=O) groups excluding carboxylic acids is 2. The number of ether oxygens (including phenoxy) is 2. The van der Waals surface area contributed by atoms with Gasteiger partial charge in [0.2, 0.25) is 0 Å². The van der Waals surface area contributed by atoms with Crippen molar-refractivity contribution in [2.24, 2.45) is 0 Å². The molecular formula is C17H23F3N2O4. The van der Waals surface area contributed by atoms with Crippen LogP contribution in [0.5, 0.6) is 5.75 Å². The molecule has 0 saturated heterocycles.